The minimum Gasteiger partial charge on any atom is -0.480 e. The molecule has 0 atom stereocenters. The largest absolute Gasteiger partial charge is 0.480 e. The predicted molar refractivity (Wildman–Crippen MR) is 32.5 cm³/mol. The van der Waals surface area contributed by atoms with E-state index in [1.165, 1.54) is 0 Å². The van der Waals surface area contributed by atoms with Crippen LogP contribution in [-0.4, -0.2) is 33.7 Å². The van der Waals surface area contributed by atoms with E-state index in [9.17, 15) is 9.36 Å². The van der Waals surface area contributed by atoms with Crippen LogP contribution in [0.4, 0.5) is 0 Å². The van der Waals surface area contributed by atoms with Crippen LogP contribution >= 0.6 is 7.60 Å². The zero-order chi connectivity index (χ0) is 8.20. The van der Waals surface area contributed by atoms with Gasteiger partial charge in [0.2, 0.25) is 0 Å². The van der Waals surface area contributed by atoms with E-state index in [0.717, 1.165) is 0 Å². The Labute approximate surface area is 73.6 Å². The first-order valence-electron chi connectivity index (χ1n) is 2.39. The van der Waals surface area contributed by atoms with E-state index < -0.39 is 26.4 Å². The average Bonchev–Trinajstić information content (AvgIpc) is 1.59. The molecule has 0 spiro atoms. The first-order chi connectivity index (χ1) is 4.42. The van der Waals surface area contributed by atoms with Crippen molar-refractivity contribution >= 4 is 13.6 Å². The van der Waals surface area contributed by atoms with Crippen LogP contribution in [0.25, 0.3) is 0 Å². The summed E-state index contributed by atoms with van der Waals surface area (Å²) >= 11 is 0. The van der Waals surface area contributed by atoms with Crippen LogP contribution in [-0.2, 0) is 26.4 Å². The van der Waals surface area contributed by atoms with Gasteiger partial charge in [0.1, 0.15) is 0 Å². The zero-order valence-electron chi connectivity index (χ0n) is 5.32. The van der Waals surface area contributed by atoms with Crippen molar-refractivity contribution in [2.45, 2.75) is 0 Å². The maximum atomic E-state index is 10.1. The average molecular weight is 233 g/mol. The predicted octanol–water partition coefficient (Wildman–Crippen LogP) is -1.21. The van der Waals surface area contributed by atoms with E-state index in [0.29, 0.717) is 0 Å². The van der Waals surface area contributed by atoms with Crippen molar-refractivity contribution in [2.75, 3.05) is 12.8 Å². The molecule has 1 radical (unpaired) electrons. The van der Waals surface area contributed by atoms with Crippen molar-refractivity contribution in [3.8, 4) is 0 Å². The summed E-state index contributed by atoms with van der Waals surface area (Å²) in [5, 5.41) is 10.1. The quantitative estimate of drug-likeness (QED) is 0.358. The van der Waals surface area contributed by atoms with Gasteiger partial charge in [0.25, 0.3) is 0 Å². The molecule has 0 aliphatic heterocycles. The number of rotatable bonds is 4. The van der Waals surface area contributed by atoms with Gasteiger partial charge in [-0.1, -0.05) is 0 Å². The molecule has 0 aromatic carbocycles. The Morgan fingerprint density at radius 2 is 1.91 bits per heavy atom. The van der Waals surface area contributed by atoms with Crippen LogP contribution in [0.15, 0.2) is 0 Å². The molecule has 0 aliphatic carbocycles. The fraction of sp³-hybridized carbons (Fsp3) is 0.667. The van der Waals surface area contributed by atoms with Gasteiger partial charge < -0.3 is 14.9 Å². The second-order valence-corrected chi connectivity index (χ2v) is 3.29. The Bertz CT molecular complexity index is 167. The van der Waals surface area contributed by atoms with Crippen molar-refractivity contribution in [3.63, 3.8) is 0 Å². The van der Waals surface area contributed by atoms with Gasteiger partial charge in [0.15, 0.2) is 0 Å². The fourth-order valence-corrected chi connectivity index (χ4v) is 0.712. The van der Waals surface area contributed by atoms with Gasteiger partial charge in [-0.15, -0.1) is 0 Å². The molecular weight excluding hydrogens is 225 g/mol. The summed E-state index contributed by atoms with van der Waals surface area (Å²) in [7, 11) is -4.10. The summed E-state index contributed by atoms with van der Waals surface area (Å²) in [6.07, 6.45) is -0.598. The summed E-state index contributed by atoms with van der Waals surface area (Å²) < 4.78 is 10.1. The van der Waals surface area contributed by atoms with Crippen LogP contribution < -0.4 is 5.32 Å². The molecule has 71 valence electrons. The third-order valence-electron chi connectivity index (χ3n) is 0.594. The minimum absolute atomic E-state index is 0. The molecule has 0 saturated heterocycles. The van der Waals surface area contributed by atoms with Gasteiger partial charge in [-0.2, -0.15) is 0 Å². The first-order valence-corrected chi connectivity index (χ1v) is 4.18. The van der Waals surface area contributed by atoms with E-state index in [2.05, 4.69) is 5.32 Å². The molecule has 0 saturated carbocycles. The second kappa shape index (κ2) is 5.71. The minimum atomic E-state index is -4.10. The molecular formula is C3H8CuNO5P. The molecule has 8 heteroatoms. The number of carboxylic acid groups (broad SMARTS) is 1. The van der Waals surface area contributed by atoms with Gasteiger partial charge >= 0.3 is 13.6 Å². The van der Waals surface area contributed by atoms with Gasteiger partial charge in [0, 0.05) is 17.1 Å². The summed E-state index contributed by atoms with van der Waals surface area (Å²) in [6.45, 7) is -0.439. The van der Waals surface area contributed by atoms with Gasteiger partial charge in [-0.3, -0.25) is 14.7 Å². The normalized spacial score (nSPS) is 10.4. The third-order valence-corrected chi connectivity index (χ3v) is 1.23. The molecule has 0 bridgehead atoms. The van der Waals surface area contributed by atoms with Crippen molar-refractivity contribution < 1.29 is 41.3 Å². The number of aliphatic carboxylic acids is 1. The molecule has 0 amide bonds. The van der Waals surface area contributed by atoms with Crippen LogP contribution in [0.5, 0.6) is 0 Å². The van der Waals surface area contributed by atoms with E-state index in [1.54, 1.807) is 0 Å². The van der Waals surface area contributed by atoms with Crippen molar-refractivity contribution in [1.29, 1.82) is 0 Å². The van der Waals surface area contributed by atoms with E-state index in [4.69, 9.17) is 14.9 Å². The molecule has 0 unspecified atom stereocenters. The number of hydrogen-bond donors (Lipinski definition) is 4. The Morgan fingerprint density at radius 3 is 2.18 bits per heavy atom. The van der Waals surface area contributed by atoms with E-state index in [1.807, 2.05) is 0 Å². The van der Waals surface area contributed by atoms with Crippen LogP contribution in [0, 0.1) is 0 Å². The fourth-order valence-electron chi connectivity index (χ4n) is 0.308. The van der Waals surface area contributed by atoms with Crippen molar-refractivity contribution in [2.24, 2.45) is 0 Å². The molecule has 0 aliphatic rings. The third kappa shape index (κ3) is 13.1. The monoisotopic (exact) mass is 232 g/mol. The van der Waals surface area contributed by atoms with Crippen LogP contribution in [0.1, 0.15) is 0 Å². The first kappa shape index (κ1) is 13.7. The Balaban J connectivity index is 0. The summed E-state index contributed by atoms with van der Waals surface area (Å²) in [5.41, 5.74) is 0. The van der Waals surface area contributed by atoms with Crippen LogP contribution in [0.2, 0.25) is 0 Å². The molecule has 11 heavy (non-hydrogen) atoms. The Hall–Kier alpha value is 0.0995. The second-order valence-electron chi connectivity index (χ2n) is 1.64. The molecule has 0 rings (SSSR count). The summed E-state index contributed by atoms with van der Waals surface area (Å²) in [4.78, 5) is 26.1. The maximum absolute atomic E-state index is 10.1. The summed E-state index contributed by atoms with van der Waals surface area (Å²) in [6, 6.07) is 0. The van der Waals surface area contributed by atoms with Crippen molar-refractivity contribution in [1.82, 2.24) is 5.32 Å². The SMILES string of the molecule is O=C(O)CNCP(=O)(O)O.[Cu]. The molecule has 0 aromatic rings. The zero-order valence-corrected chi connectivity index (χ0v) is 7.16. The Morgan fingerprint density at radius 1 is 1.45 bits per heavy atom. The van der Waals surface area contributed by atoms with Gasteiger partial charge in [-0.25, -0.2) is 0 Å². The van der Waals surface area contributed by atoms with Crippen LogP contribution in [0.3, 0.4) is 0 Å². The number of carbonyl (C=O) groups is 1. The van der Waals surface area contributed by atoms with Gasteiger partial charge in [0.05, 0.1) is 12.8 Å². The number of nitrogens with one attached hydrogen (secondary N) is 1. The Kier molecular flexibility index (Phi) is 7.10. The smallest absolute Gasteiger partial charge is 0.339 e. The summed E-state index contributed by atoms with van der Waals surface area (Å²) in [5.74, 6) is -1.14. The van der Waals surface area contributed by atoms with E-state index in [-0.39, 0.29) is 17.1 Å². The number of hydrogen-bond acceptors (Lipinski definition) is 3. The molecule has 0 fully saturated rings. The van der Waals surface area contributed by atoms with E-state index >= 15 is 0 Å². The maximum Gasteiger partial charge on any atom is 0.339 e. The van der Waals surface area contributed by atoms with Crippen molar-refractivity contribution in [3.05, 3.63) is 0 Å². The molecule has 0 aromatic heterocycles. The molecule has 6 nitrogen and oxygen atoms in total. The molecule has 4 N–H and O–H groups in total. The standard InChI is InChI=1S/C3H8NO5P.Cu/c5-3(6)1-4-2-10(7,8)9;/h4H,1-2H2,(H,5,6)(H2,7,8,9);. The van der Waals surface area contributed by atoms with Gasteiger partial charge in [-0.05, 0) is 0 Å². The number of carboxylic acids is 1. The molecule has 0 heterocycles. The topological polar surface area (TPSA) is 107 Å².